The number of amides is 1. The molecule has 0 radical (unpaired) electrons. The van der Waals surface area contributed by atoms with Gasteiger partial charge in [-0.15, -0.1) is 0 Å². The third-order valence-electron chi connectivity index (χ3n) is 3.20. The van der Waals surface area contributed by atoms with Crippen molar-refractivity contribution in [3.8, 4) is 0 Å². The van der Waals surface area contributed by atoms with Crippen LogP contribution in [0.15, 0.2) is 22.7 Å². The van der Waals surface area contributed by atoms with Gasteiger partial charge in [0.15, 0.2) is 0 Å². The van der Waals surface area contributed by atoms with Gasteiger partial charge in [-0.05, 0) is 31.0 Å². The van der Waals surface area contributed by atoms with Crippen molar-refractivity contribution in [1.82, 2.24) is 0 Å². The molecule has 0 heterocycles. The van der Waals surface area contributed by atoms with E-state index in [1.54, 1.807) is 12.1 Å². The number of nitrogens with one attached hydrogen (secondary N) is 1. The maximum atomic E-state index is 12.0. The van der Waals surface area contributed by atoms with Gasteiger partial charge in [0.25, 0.3) is 0 Å². The highest BCUT2D eigenvalue weighted by molar-refractivity contribution is 9.10. The molecule has 2 N–H and O–H groups in total. The summed E-state index contributed by atoms with van der Waals surface area (Å²) in [7, 11) is 0. The first kappa shape index (κ1) is 13.1. The fourth-order valence-electron chi connectivity index (χ4n) is 2.23. The van der Waals surface area contributed by atoms with Crippen LogP contribution in [-0.2, 0) is 4.79 Å². The van der Waals surface area contributed by atoms with Crippen LogP contribution in [0.2, 0.25) is 0 Å². The Morgan fingerprint density at radius 1 is 1.28 bits per heavy atom. The number of hydrogen-bond donors (Lipinski definition) is 2. The third-order valence-corrected chi connectivity index (χ3v) is 3.69. The molecule has 0 saturated heterocycles. The molecule has 1 saturated carbocycles. The average molecular weight is 312 g/mol. The summed E-state index contributed by atoms with van der Waals surface area (Å²) in [6.07, 6.45) is 3.93. The molecule has 0 atom stereocenters. The zero-order valence-corrected chi connectivity index (χ0v) is 11.4. The highest BCUT2D eigenvalue weighted by Gasteiger charge is 2.23. The Morgan fingerprint density at radius 2 is 1.94 bits per heavy atom. The number of halogens is 1. The van der Waals surface area contributed by atoms with E-state index in [1.807, 2.05) is 0 Å². The molecule has 1 aliphatic carbocycles. The van der Waals surface area contributed by atoms with Gasteiger partial charge in [0, 0.05) is 10.4 Å². The topological polar surface area (TPSA) is 66.4 Å². The number of carboxylic acid groups (broad SMARTS) is 1. The summed E-state index contributed by atoms with van der Waals surface area (Å²) in [6, 6.07) is 4.82. The number of carboxylic acids is 1. The molecule has 0 aromatic heterocycles. The van der Waals surface area contributed by atoms with Crippen molar-refractivity contribution in [3.63, 3.8) is 0 Å². The number of carbonyl (C=O) groups is 2. The summed E-state index contributed by atoms with van der Waals surface area (Å²) in [4.78, 5) is 23.1. The number of hydrogen-bond acceptors (Lipinski definition) is 2. The highest BCUT2D eigenvalue weighted by atomic mass is 79.9. The highest BCUT2D eigenvalue weighted by Crippen LogP contribution is 2.27. The summed E-state index contributed by atoms with van der Waals surface area (Å²) < 4.78 is 0.679. The molecular formula is C13H14BrNO3. The van der Waals surface area contributed by atoms with Gasteiger partial charge in [-0.1, -0.05) is 28.8 Å². The van der Waals surface area contributed by atoms with Crippen LogP contribution in [0, 0.1) is 5.92 Å². The second-order valence-corrected chi connectivity index (χ2v) is 5.38. The second-order valence-electron chi connectivity index (χ2n) is 4.47. The Morgan fingerprint density at radius 3 is 2.56 bits per heavy atom. The van der Waals surface area contributed by atoms with E-state index in [-0.39, 0.29) is 17.4 Å². The van der Waals surface area contributed by atoms with Crippen molar-refractivity contribution in [2.24, 2.45) is 5.92 Å². The molecule has 5 heteroatoms. The Hall–Kier alpha value is -1.36. The molecule has 2 rings (SSSR count). The van der Waals surface area contributed by atoms with Gasteiger partial charge in [-0.2, -0.15) is 0 Å². The minimum atomic E-state index is -1.04. The Labute approximate surface area is 114 Å². The van der Waals surface area contributed by atoms with E-state index in [0.29, 0.717) is 10.2 Å². The Kier molecular flexibility index (Phi) is 4.01. The van der Waals surface area contributed by atoms with Gasteiger partial charge in [0.2, 0.25) is 5.91 Å². The van der Waals surface area contributed by atoms with Crippen molar-refractivity contribution in [3.05, 3.63) is 28.2 Å². The SMILES string of the molecule is O=C(O)c1cc(Br)ccc1NC(=O)C1CCCC1. The number of aromatic carboxylic acids is 1. The molecule has 0 aliphatic heterocycles. The van der Waals surface area contributed by atoms with Crippen LogP contribution in [0.5, 0.6) is 0 Å². The predicted molar refractivity (Wildman–Crippen MR) is 71.7 cm³/mol. The van der Waals surface area contributed by atoms with Crippen LogP contribution < -0.4 is 5.32 Å². The van der Waals surface area contributed by atoms with Crippen molar-refractivity contribution < 1.29 is 14.7 Å². The maximum Gasteiger partial charge on any atom is 0.337 e. The van der Waals surface area contributed by atoms with Gasteiger partial charge in [0.05, 0.1) is 11.3 Å². The van der Waals surface area contributed by atoms with Crippen molar-refractivity contribution in [1.29, 1.82) is 0 Å². The lowest BCUT2D eigenvalue weighted by atomic mass is 10.1. The summed E-state index contributed by atoms with van der Waals surface area (Å²) in [6.45, 7) is 0. The maximum absolute atomic E-state index is 12.0. The predicted octanol–water partition coefficient (Wildman–Crippen LogP) is 3.28. The first-order chi connectivity index (χ1) is 8.58. The molecule has 18 heavy (non-hydrogen) atoms. The quantitative estimate of drug-likeness (QED) is 0.900. The van der Waals surface area contributed by atoms with Crippen molar-refractivity contribution in [2.75, 3.05) is 5.32 Å². The molecule has 1 aromatic rings. The van der Waals surface area contributed by atoms with E-state index < -0.39 is 5.97 Å². The molecule has 1 aromatic carbocycles. The van der Waals surface area contributed by atoms with E-state index >= 15 is 0 Å². The summed E-state index contributed by atoms with van der Waals surface area (Å²) >= 11 is 3.22. The van der Waals surface area contributed by atoms with E-state index in [9.17, 15) is 9.59 Å². The lowest BCUT2D eigenvalue weighted by Gasteiger charge is -2.12. The lowest BCUT2D eigenvalue weighted by Crippen LogP contribution is -2.21. The Balaban J connectivity index is 2.17. The first-order valence-corrected chi connectivity index (χ1v) is 6.71. The Bertz CT molecular complexity index is 481. The van der Waals surface area contributed by atoms with Gasteiger partial charge in [-0.3, -0.25) is 4.79 Å². The molecular weight excluding hydrogens is 298 g/mol. The van der Waals surface area contributed by atoms with Gasteiger partial charge < -0.3 is 10.4 Å². The molecule has 4 nitrogen and oxygen atoms in total. The minimum absolute atomic E-state index is 0.0234. The molecule has 0 unspecified atom stereocenters. The fourth-order valence-corrected chi connectivity index (χ4v) is 2.59. The second kappa shape index (κ2) is 5.52. The molecule has 0 bridgehead atoms. The molecule has 0 spiro atoms. The third kappa shape index (κ3) is 2.90. The monoisotopic (exact) mass is 311 g/mol. The lowest BCUT2D eigenvalue weighted by molar-refractivity contribution is -0.119. The number of rotatable bonds is 3. The average Bonchev–Trinajstić information content (AvgIpc) is 2.84. The number of benzene rings is 1. The summed E-state index contributed by atoms with van der Waals surface area (Å²) in [5, 5.41) is 11.8. The van der Waals surface area contributed by atoms with Crippen LogP contribution in [0.25, 0.3) is 0 Å². The van der Waals surface area contributed by atoms with E-state index in [1.165, 1.54) is 6.07 Å². The first-order valence-electron chi connectivity index (χ1n) is 5.91. The van der Waals surface area contributed by atoms with E-state index in [0.717, 1.165) is 25.7 Å². The number of carbonyl (C=O) groups excluding carboxylic acids is 1. The molecule has 96 valence electrons. The minimum Gasteiger partial charge on any atom is -0.478 e. The smallest absolute Gasteiger partial charge is 0.337 e. The van der Waals surface area contributed by atoms with E-state index in [4.69, 9.17) is 5.11 Å². The molecule has 1 fully saturated rings. The zero-order chi connectivity index (χ0) is 13.1. The zero-order valence-electron chi connectivity index (χ0n) is 9.78. The normalized spacial score (nSPS) is 15.6. The standard InChI is InChI=1S/C13H14BrNO3/c14-9-5-6-11(10(7-9)13(17)18)15-12(16)8-3-1-2-4-8/h5-8H,1-4H2,(H,15,16)(H,17,18). The van der Waals surface area contributed by atoms with Gasteiger partial charge in [0.1, 0.15) is 0 Å². The van der Waals surface area contributed by atoms with Crippen molar-refractivity contribution >= 4 is 33.5 Å². The summed E-state index contributed by atoms with van der Waals surface area (Å²) in [5.41, 5.74) is 0.471. The van der Waals surface area contributed by atoms with Gasteiger partial charge >= 0.3 is 5.97 Å². The summed E-state index contributed by atoms with van der Waals surface area (Å²) in [5.74, 6) is -1.09. The van der Waals surface area contributed by atoms with Crippen molar-refractivity contribution in [2.45, 2.75) is 25.7 Å². The van der Waals surface area contributed by atoms with Gasteiger partial charge in [-0.25, -0.2) is 4.79 Å². The molecule has 1 amide bonds. The van der Waals surface area contributed by atoms with Crippen LogP contribution in [0.1, 0.15) is 36.0 Å². The largest absolute Gasteiger partial charge is 0.478 e. The van der Waals surface area contributed by atoms with Crippen LogP contribution in [0.4, 0.5) is 5.69 Å². The fraction of sp³-hybridized carbons (Fsp3) is 0.385. The molecule has 1 aliphatic rings. The van der Waals surface area contributed by atoms with Crippen LogP contribution in [0.3, 0.4) is 0 Å². The van der Waals surface area contributed by atoms with Crippen LogP contribution >= 0.6 is 15.9 Å². The van der Waals surface area contributed by atoms with E-state index in [2.05, 4.69) is 21.2 Å². The number of anilines is 1. The van der Waals surface area contributed by atoms with Crippen LogP contribution in [-0.4, -0.2) is 17.0 Å².